The van der Waals surface area contributed by atoms with Crippen LogP contribution >= 0.6 is 12.6 Å². The van der Waals surface area contributed by atoms with Crippen LogP contribution in [0.3, 0.4) is 0 Å². The number of hydrogen-bond acceptors (Lipinski definition) is 2. The molecule has 2 N–H and O–H groups in total. The first kappa shape index (κ1) is 18.8. The molecule has 1 aliphatic heterocycles. The van der Waals surface area contributed by atoms with E-state index in [-0.39, 0.29) is 17.0 Å². The molecule has 1 heterocycles. The fraction of sp³-hybridized carbons (Fsp3) is 1.00. The van der Waals surface area contributed by atoms with Crippen molar-refractivity contribution in [3.05, 3.63) is 0 Å². The molecule has 4 heteroatoms. The van der Waals surface area contributed by atoms with Gasteiger partial charge in [0.25, 0.3) is 0 Å². The van der Waals surface area contributed by atoms with E-state index in [4.69, 9.17) is 5.73 Å². The molecular weight excluding hydrogens is 308 g/mol. The van der Waals surface area contributed by atoms with Crippen molar-refractivity contribution in [1.82, 2.24) is 0 Å². The monoisotopic (exact) mass is 338 g/mol. The van der Waals surface area contributed by atoms with E-state index in [1.807, 2.05) is 0 Å². The Hall–Kier alpha value is 0.750. The van der Waals surface area contributed by atoms with Crippen molar-refractivity contribution in [2.45, 2.75) is 51.4 Å². The zero-order valence-corrected chi connectivity index (χ0v) is 14.2. The Morgan fingerprint density at radius 1 is 0.833 bits per heavy atom. The van der Waals surface area contributed by atoms with E-state index in [1.165, 1.54) is 82.0 Å². The second kappa shape index (κ2) is 11.6. The van der Waals surface area contributed by atoms with E-state index in [2.05, 4.69) is 12.6 Å². The highest BCUT2D eigenvalue weighted by atomic mass is 79.9. The topological polar surface area (TPSA) is 26.0 Å². The van der Waals surface area contributed by atoms with Crippen LogP contribution < -0.4 is 22.7 Å². The summed E-state index contributed by atoms with van der Waals surface area (Å²) in [7, 11) is 0. The average molecular weight is 339 g/mol. The maximum atomic E-state index is 5.49. The second-order valence-electron chi connectivity index (χ2n) is 5.58. The van der Waals surface area contributed by atoms with E-state index < -0.39 is 0 Å². The zero-order chi connectivity index (χ0) is 12.4. The fourth-order valence-electron chi connectivity index (χ4n) is 3.08. The summed E-state index contributed by atoms with van der Waals surface area (Å²) in [5, 5.41) is 0. The van der Waals surface area contributed by atoms with Crippen LogP contribution in [-0.2, 0) is 0 Å². The Balaban J connectivity index is 0.00000289. The minimum absolute atomic E-state index is 0. The molecule has 0 aromatic rings. The van der Waals surface area contributed by atoms with Crippen LogP contribution in [0.4, 0.5) is 0 Å². The minimum Gasteiger partial charge on any atom is -1.00 e. The molecule has 0 aromatic carbocycles. The van der Waals surface area contributed by atoms with Crippen LogP contribution in [-0.4, -0.2) is 43.0 Å². The average Bonchev–Trinajstić information content (AvgIpc) is 2.77. The molecule has 0 aromatic heterocycles. The number of likely N-dealkylation sites (tertiary alicyclic amines) is 1. The van der Waals surface area contributed by atoms with Crippen molar-refractivity contribution in [3.63, 3.8) is 0 Å². The van der Waals surface area contributed by atoms with Crippen LogP contribution in [0, 0.1) is 0 Å². The SMILES string of the molecule is NCCCCCCCC[N+]1(CCS)CCCC1.[Br-]. The van der Waals surface area contributed by atoms with Crippen LogP contribution in [0.25, 0.3) is 0 Å². The summed E-state index contributed by atoms with van der Waals surface area (Å²) in [5.41, 5.74) is 5.49. The molecule has 0 bridgehead atoms. The molecular formula is C14H31BrN2S. The first-order valence-electron chi connectivity index (χ1n) is 7.49. The van der Waals surface area contributed by atoms with Crippen molar-refractivity contribution >= 4 is 12.6 Å². The van der Waals surface area contributed by atoms with Gasteiger partial charge in [-0.3, -0.25) is 0 Å². The summed E-state index contributed by atoms with van der Waals surface area (Å²) >= 11 is 4.42. The molecule has 0 atom stereocenters. The first-order chi connectivity index (χ1) is 8.33. The third kappa shape index (κ3) is 7.37. The van der Waals surface area contributed by atoms with Gasteiger partial charge in [-0.2, -0.15) is 12.6 Å². The molecule has 1 aliphatic rings. The lowest BCUT2D eigenvalue weighted by Crippen LogP contribution is -3.00. The lowest BCUT2D eigenvalue weighted by molar-refractivity contribution is -0.914. The highest BCUT2D eigenvalue weighted by Gasteiger charge is 2.30. The third-order valence-corrected chi connectivity index (χ3v) is 4.38. The third-order valence-electron chi connectivity index (χ3n) is 4.18. The predicted octanol–water partition coefficient (Wildman–Crippen LogP) is -0.170. The second-order valence-corrected chi connectivity index (χ2v) is 6.02. The van der Waals surface area contributed by atoms with Crippen LogP contribution in [0.15, 0.2) is 0 Å². The Morgan fingerprint density at radius 2 is 1.39 bits per heavy atom. The predicted molar refractivity (Wildman–Crippen MR) is 79.6 cm³/mol. The fourth-order valence-corrected chi connectivity index (χ4v) is 3.50. The quantitative estimate of drug-likeness (QED) is 0.323. The Kier molecular flexibility index (Phi) is 12.0. The summed E-state index contributed by atoms with van der Waals surface area (Å²) in [6.45, 7) is 6.37. The van der Waals surface area contributed by atoms with Crippen molar-refractivity contribution in [2.75, 3.05) is 38.5 Å². The number of unbranched alkanes of at least 4 members (excludes halogenated alkanes) is 5. The lowest BCUT2D eigenvalue weighted by Gasteiger charge is -2.34. The van der Waals surface area contributed by atoms with E-state index in [9.17, 15) is 0 Å². The normalized spacial score (nSPS) is 17.7. The van der Waals surface area contributed by atoms with Crippen molar-refractivity contribution in [3.8, 4) is 0 Å². The summed E-state index contributed by atoms with van der Waals surface area (Å²) < 4.78 is 1.37. The molecule has 1 saturated heterocycles. The highest BCUT2D eigenvalue weighted by molar-refractivity contribution is 7.80. The van der Waals surface area contributed by atoms with E-state index in [1.54, 1.807) is 0 Å². The molecule has 0 aliphatic carbocycles. The molecule has 0 radical (unpaired) electrons. The van der Waals surface area contributed by atoms with E-state index in [0.717, 1.165) is 12.3 Å². The van der Waals surface area contributed by atoms with Crippen molar-refractivity contribution in [1.29, 1.82) is 0 Å². The summed E-state index contributed by atoms with van der Waals surface area (Å²) in [5.74, 6) is 1.05. The zero-order valence-electron chi connectivity index (χ0n) is 11.7. The molecule has 2 nitrogen and oxygen atoms in total. The van der Waals surface area contributed by atoms with Crippen molar-refractivity contribution < 1.29 is 21.5 Å². The number of nitrogens with two attached hydrogens (primary N) is 1. The number of thiol groups is 1. The Labute approximate surface area is 129 Å². The number of quaternary nitrogens is 1. The largest absolute Gasteiger partial charge is 1.00 e. The molecule has 0 saturated carbocycles. The molecule has 0 spiro atoms. The molecule has 0 unspecified atom stereocenters. The summed E-state index contributed by atoms with van der Waals surface area (Å²) in [4.78, 5) is 0. The Bertz CT molecular complexity index is 185. The van der Waals surface area contributed by atoms with E-state index in [0.29, 0.717) is 0 Å². The van der Waals surface area contributed by atoms with Gasteiger partial charge in [-0.15, -0.1) is 0 Å². The smallest absolute Gasteiger partial charge is 0.0876 e. The molecule has 18 heavy (non-hydrogen) atoms. The van der Waals surface area contributed by atoms with Crippen LogP contribution in [0.5, 0.6) is 0 Å². The van der Waals surface area contributed by atoms with Crippen LogP contribution in [0.2, 0.25) is 0 Å². The van der Waals surface area contributed by atoms with Crippen LogP contribution in [0.1, 0.15) is 51.4 Å². The van der Waals surface area contributed by atoms with Gasteiger partial charge in [0, 0.05) is 18.6 Å². The standard InChI is InChI=1S/C14H30N2S.BrH/c15-9-5-3-1-2-4-6-10-16(13-14-17)11-7-8-12-16;/h1-15H2;1H. The number of hydrogen-bond donors (Lipinski definition) is 2. The van der Waals surface area contributed by atoms with Gasteiger partial charge in [0.2, 0.25) is 0 Å². The van der Waals surface area contributed by atoms with Crippen molar-refractivity contribution in [2.24, 2.45) is 5.73 Å². The van der Waals surface area contributed by atoms with Gasteiger partial charge in [-0.25, -0.2) is 0 Å². The lowest BCUT2D eigenvalue weighted by atomic mass is 10.1. The minimum atomic E-state index is 0. The number of halogens is 1. The van der Waals surface area contributed by atoms with Gasteiger partial charge in [0.05, 0.1) is 26.2 Å². The van der Waals surface area contributed by atoms with Gasteiger partial charge < -0.3 is 27.2 Å². The molecule has 1 fully saturated rings. The summed E-state index contributed by atoms with van der Waals surface area (Å²) in [6.07, 6.45) is 11.0. The van der Waals surface area contributed by atoms with Gasteiger partial charge in [-0.1, -0.05) is 19.3 Å². The highest BCUT2D eigenvalue weighted by Crippen LogP contribution is 2.21. The summed E-state index contributed by atoms with van der Waals surface area (Å²) in [6, 6.07) is 0. The first-order valence-corrected chi connectivity index (χ1v) is 8.12. The molecule has 1 rings (SSSR count). The maximum Gasteiger partial charge on any atom is 0.0876 e. The van der Waals surface area contributed by atoms with Gasteiger partial charge in [0.1, 0.15) is 0 Å². The van der Waals surface area contributed by atoms with Gasteiger partial charge in [0.15, 0.2) is 0 Å². The Morgan fingerprint density at radius 3 is 1.94 bits per heavy atom. The molecule has 0 amide bonds. The molecule has 110 valence electrons. The number of rotatable bonds is 10. The maximum absolute atomic E-state index is 5.49. The van der Waals surface area contributed by atoms with Gasteiger partial charge in [-0.05, 0) is 25.8 Å². The van der Waals surface area contributed by atoms with E-state index >= 15 is 0 Å². The van der Waals surface area contributed by atoms with Gasteiger partial charge >= 0.3 is 0 Å². The number of nitrogens with zero attached hydrogens (tertiary/aromatic N) is 1.